The van der Waals surface area contributed by atoms with Crippen molar-refractivity contribution in [2.75, 3.05) is 12.0 Å². The first kappa shape index (κ1) is 16.0. The molecule has 0 N–H and O–H groups in total. The molecule has 7 heteroatoms. The molecule has 1 atom stereocenters. The Morgan fingerprint density at radius 2 is 2.12 bits per heavy atom. The van der Waals surface area contributed by atoms with Gasteiger partial charge in [-0.2, -0.15) is 5.10 Å². The van der Waals surface area contributed by atoms with Crippen molar-refractivity contribution in [2.45, 2.75) is 26.0 Å². The normalized spacial score (nSPS) is 16.5. The summed E-state index contributed by atoms with van der Waals surface area (Å²) in [7, 11) is 3.15. The summed E-state index contributed by atoms with van der Waals surface area (Å²) in [6.07, 6.45) is 0.742. The van der Waals surface area contributed by atoms with Crippen molar-refractivity contribution in [3.05, 3.63) is 41.7 Å². The number of benzene rings is 1. The van der Waals surface area contributed by atoms with E-state index in [1.54, 1.807) is 21.8 Å². The summed E-state index contributed by atoms with van der Waals surface area (Å²) in [4.78, 5) is 26.0. The first-order valence-corrected chi connectivity index (χ1v) is 7.62. The second-order valence-corrected chi connectivity index (χ2v) is 5.66. The van der Waals surface area contributed by atoms with Crippen LogP contribution in [-0.4, -0.2) is 34.9 Å². The van der Waals surface area contributed by atoms with Gasteiger partial charge in [-0.1, -0.05) is 12.1 Å². The second-order valence-electron chi connectivity index (χ2n) is 5.66. The molecule has 2 heterocycles. The van der Waals surface area contributed by atoms with Gasteiger partial charge in [-0.15, -0.1) is 0 Å². The molecule has 1 aromatic carbocycles. The summed E-state index contributed by atoms with van der Waals surface area (Å²) >= 11 is 0. The standard InChI is InChI=1S/C17H19N3O4/c1-11-12(9-18-19(11)2)10-20-13-6-4-5-7-14(13)24-15(17(20)22)8-16(21)23-3/h4-7,9,15H,8,10H2,1-3H3/t15-/m1/s1. The Bertz CT molecular complexity index is 784. The quantitative estimate of drug-likeness (QED) is 0.796. The molecule has 1 aromatic heterocycles. The summed E-state index contributed by atoms with van der Waals surface area (Å²) in [6, 6.07) is 7.29. The molecule has 2 aromatic rings. The van der Waals surface area contributed by atoms with Gasteiger partial charge in [-0.3, -0.25) is 14.3 Å². The van der Waals surface area contributed by atoms with Crippen LogP contribution in [0.2, 0.25) is 0 Å². The van der Waals surface area contributed by atoms with E-state index in [4.69, 9.17) is 4.74 Å². The number of para-hydroxylation sites is 2. The number of aryl methyl sites for hydroxylation is 1. The SMILES string of the molecule is COC(=O)C[C@H]1Oc2ccccc2N(Cc2cnn(C)c2C)C1=O. The summed E-state index contributed by atoms with van der Waals surface area (Å²) in [6.45, 7) is 2.32. The summed E-state index contributed by atoms with van der Waals surface area (Å²) in [5.41, 5.74) is 2.61. The van der Waals surface area contributed by atoms with E-state index < -0.39 is 12.1 Å². The Kier molecular flexibility index (Phi) is 4.24. The Morgan fingerprint density at radius 1 is 1.38 bits per heavy atom. The number of carbonyl (C=O) groups excluding carboxylic acids is 2. The lowest BCUT2D eigenvalue weighted by Gasteiger charge is -2.34. The van der Waals surface area contributed by atoms with Gasteiger partial charge in [0.1, 0.15) is 5.75 Å². The number of hydrogen-bond acceptors (Lipinski definition) is 5. The zero-order chi connectivity index (χ0) is 17.3. The van der Waals surface area contributed by atoms with Gasteiger partial charge in [0.2, 0.25) is 0 Å². The van der Waals surface area contributed by atoms with Crippen LogP contribution in [0.4, 0.5) is 5.69 Å². The molecule has 0 radical (unpaired) electrons. The van der Waals surface area contributed by atoms with E-state index >= 15 is 0 Å². The smallest absolute Gasteiger partial charge is 0.309 e. The summed E-state index contributed by atoms with van der Waals surface area (Å²) in [5.74, 6) is -0.167. The summed E-state index contributed by atoms with van der Waals surface area (Å²) < 4.78 is 12.1. The molecule has 1 amide bonds. The number of aromatic nitrogens is 2. The molecule has 3 rings (SSSR count). The molecule has 0 unspecified atom stereocenters. The third-order valence-corrected chi connectivity index (χ3v) is 4.21. The number of amides is 1. The van der Waals surface area contributed by atoms with E-state index in [1.165, 1.54) is 7.11 Å². The van der Waals surface area contributed by atoms with E-state index in [1.807, 2.05) is 32.2 Å². The van der Waals surface area contributed by atoms with Crippen LogP contribution in [0.3, 0.4) is 0 Å². The molecule has 1 aliphatic heterocycles. The molecule has 7 nitrogen and oxygen atoms in total. The van der Waals surface area contributed by atoms with Crippen molar-refractivity contribution >= 4 is 17.6 Å². The highest BCUT2D eigenvalue weighted by atomic mass is 16.5. The van der Waals surface area contributed by atoms with Crippen LogP contribution < -0.4 is 9.64 Å². The lowest BCUT2D eigenvalue weighted by atomic mass is 10.1. The molecule has 0 fully saturated rings. The lowest BCUT2D eigenvalue weighted by Crippen LogP contribution is -2.46. The number of carbonyl (C=O) groups is 2. The van der Waals surface area contributed by atoms with Crippen LogP contribution in [0, 0.1) is 6.92 Å². The molecule has 126 valence electrons. The van der Waals surface area contributed by atoms with E-state index in [0.29, 0.717) is 18.0 Å². The second kappa shape index (κ2) is 6.35. The first-order chi connectivity index (χ1) is 11.5. The van der Waals surface area contributed by atoms with Gasteiger partial charge in [0.25, 0.3) is 5.91 Å². The number of fused-ring (bicyclic) bond motifs is 1. The number of hydrogen-bond donors (Lipinski definition) is 0. The monoisotopic (exact) mass is 329 g/mol. The van der Waals surface area contributed by atoms with Gasteiger partial charge in [0.05, 0.1) is 32.0 Å². The fourth-order valence-electron chi connectivity index (χ4n) is 2.67. The molecule has 0 saturated carbocycles. The van der Waals surface area contributed by atoms with Gasteiger partial charge in [-0.05, 0) is 19.1 Å². The predicted molar refractivity (Wildman–Crippen MR) is 86.6 cm³/mol. The Labute approximate surface area is 139 Å². The van der Waals surface area contributed by atoms with Crippen LogP contribution in [0.5, 0.6) is 5.75 Å². The van der Waals surface area contributed by atoms with Gasteiger partial charge in [0, 0.05) is 18.3 Å². The van der Waals surface area contributed by atoms with Gasteiger partial charge in [0.15, 0.2) is 6.10 Å². The van der Waals surface area contributed by atoms with Crippen molar-refractivity contribution < 1.29 is 19.1 Å². The highest BCUT2D eigenvalue weighted by Crippen LogP contribution is 2.35. The topological polar surface area (TPSA) is 73.7 Å². The fraction of sp³-hybridized carbons (Fsp3) is 0.353. The highest BCUT2D eigenvalue weighted by Gasteiger charge is 2.36. The third-order valence-electron chi connectivity index (χ3n) is 4.21. The molecular formula is C17H19N3O4. The van der Waals surface area contributed by atoms with Crippen LogP contribution in [0.15, 0.2) is 30.5 Å². The van der Waals surface area contributed by atoms with Crippen LogP contribution in [0.25, 0.3) is 0 Å². The van der Waals surface area contributed by atoms with E-state index in [9.17, 15) is 9.59 Å². The number of nitrogens with zero attached hydrogens (tertiary/aromatic N) is 3. The van der Waals surface area contributed by atoms with Crippen molar-refractivity contribution in [3.8, 4) is 5.75 Å². The maximum absolute atomic E-state index is 12.8. The zero-order valence-corrected chi connectivity index (χ0v) is 13.9. The van der Waals surface area contributed by atoms with Crippen LogP contribution in [-0.2, 0) is 27.9 Å². The molecule has 24 heavy (non-hydrogen) atoms. The highest BCUT2D eigenvalue weighted by molar-refractivity contribution is 6.01. The minimum absolute atomic E-state index is 0.119. The van der Waals surface area contributed by atoms with Crippen molar-refractivity contribution in [1.82, 2.24) is 9.78 Å². The third kappa shape index (κ3) is 2.84. The van der Waals surface area contributed by atoms with Gasteiger partial charge < -0.3 is 14.4 Å². The molecule has 0 spiro atoms. The first-order valence-electron chi connectivity index (χ1n) is 7.62. The van der Waals surface area contributed by atoms with E-state index in [0.717, 1.165) is 11.3 Å². The van der Waals surface area contributed by atoms with E-state index in [-0.39, 0.29) is 12.3 Å². The van der Waals surface area contributed by atoms with Crippen LogP contribution in [0.1, 0.15) is 17.7 Å². The summed E-state index contributed by atoms with van der Waals surface area (Å²) in [5, 5.41) is 4.22. The van der Waals surface area contributed by atoms with Gasteiger partial charge in [-0.25, -0.2) is 0 Å². The maximum Gasteiger partial charge on any atom is 0.309 e. The van der Waals surface area contributed by atoms with Crippen molar-refractivity contribution in [1.29, 1.82) is 0 Å². The number of ether oxygens (including phenoxy) is 2. The van der Waals surface area contributed by atoms with Gasteiger partial charge >= 0.3 is 5.97 Å². The van der Waals surface area contributed by atoms with Crippen molar-refractivity contribution in [2.24, 2.45) is 7.05 Å². The average Bonchev–Trinajstić information content (AvgIpc) is 2.90. The predicted octanol–water partition coefficient (Wildman–Crippen LogP) is 1.59. The number of rotatable bonds is 4. The lowest BCUT2D eigenvalue weighted by molar-refractivity contribution is -0.145. The number of anilines is 1. The minimum Gasteiger partial charge on any atom is -0.478 e. The number of methoxy groups -OCH3 is 1. The average molecular weight is 329 g/mol. The van der Waals surface area contributed by atoms with Crippen molar-refractivity contribution in [3.63, 3.8) is 0 Å². The maximum atomic E-state index is 12.8. The Balaban J connectivity index is 1.94. The largest absolute Gasteiger partial charge is 0.478 e. The zero-order valence-electron chi connectivity index (χ0n) is 13.9. The Hall–Kier alpha value is -2.83. The molecule has 1 aliphatic rings. The molecule has 0 aliphatic carbocycles. The Morgan fingerprint density at radius 3 is 2.79 bits per heavy atom. The van der Waals surface area contributed by atoms with Crippen LogP contribution >= 0.6 is 0 Å². The van der Waals surface area contributed by atoms with E-state index in [2.05, 4.69) is 9.84 Å². The minimum atomic E-state index is -0.885. The molecular weight excluding hydrogens is 310 g/mol. The molecule has 0 bridgehead atoms. The molecule has 0 saturated heterocycles. The fourth-order valence-corrected chi connectivity index (χ4v) is 2.67. The number of esters is 1.